The highest BCUT2D eigenvalue weighted by Crippen LogP contribution is 2.18. The average molecular weight is 397 g/mol. The molecule has 0 spiro atoms. The molecule has 1 aliphatic heterocycles. The summed E-state index contributed by atoms with van der Waals surface area (Å²) in [6, 6.07) is 3.61. The number of aromatic nitrogens is 1. The minimum Gasteiger partial charge on any atom is -0.355 e. The Morgan fingerprint density at radius 2 is 2.21 bits per heavy atom. The molecule has 0 radical (unpaired) electrons. The lowest BCUT2D eigenvalue weighted by Crippen LogP contribution is -2.45. The first-order valence-electron chi connectivity index (χ1n) is 8.35. The number of amides is 2. The van der Waals surface area contributed by atoms with Gasteiger partial charge in [0.25, 0.3) is 0 Å². The van der Waals surface area contributed by atoms with Crippen LogP contribution >= 0.6 is 15.9 Å². The van der Waals surface area contributed by atoms with E-state index in [0.717, 1.165) is 23.9 Å². The van der Waals surface area contributed by atoms with E-state index in [0.29, 0.717) is 31.4 Å². The van der Waals surface area contributed by atoms with Crippen LogP contribution in [-0.2, 0) is 9.59 Å². The van der Waals surface area contributed by atoms with E-state index in [1.54, 1.807) is 12.3 Å². The van der Waals surface area contributed by atoms with E-state index < -0.39 is 0 Å². The second-order valence-corrected chi connectivity index (χ2v) is 7.54. The summed E-state index contributed by atoms with van der Waals surface area (Å²) in [4.78, 5) is 30.6. The summed E-state index contributed by atoms with van der Waals surface area (Å²) in [5.41, 5.74) is 0. The van der Waals surface area contributed by atoms with E-state index in [-0.39, 0.29) is 17.7 Å². The van der Waals surface area contributed by atoms with E-state index in [2.05, 4.69) is 50.3 Å². The highest BCUT2D eigenvalue weighted by Gasteiger charge is 2.27. The van der Waals surface area contributed by atoms with Gasteiger partial charge >= 0.3 is 0 Å². The zero-order valence-corrected chi connectivity index (χ0v) is 15.8. The van der Waals surface area contributed by atoms with Crippen LogP contribution < -0.4 is 10.6 Å². The molecule has 132 valence electrons. The van der Waals surface area contributed by atoms with Crippen LogP contribution in [0.4, 0.5) is 5.82 Å². The molecule has 2 rings (SSSR count). The summed E-state index contributed by atoms with van der Waals surface area (Å²) >= 11 is 3.32. The number of anilines is 1. The topological polar surface area (TPSA) is 74.3 Å². The van der Waals surface area contributed by atoms with Crippen LogP contribution in [0.25, 0.3) is 0 Å². The molecule has 1 fully saturated rings. The summed E-state index contributed by atoms with van der Waals surface area (Å²) in [6.07, 6.45) is 3.41. The van der Waals surface area contributed by atoms with Gasteiger partial charge in [-0.25, -0.2) is 4.98 Å². The first kappa shape index (κ1) is 18.9. The van der Waals surface area contributed by atoms with Crippen molar-refractivity contribution in [3.63, 3.8) is 0 Å². The maximum Gasteiger partial charge on any atom is 0.234 e. The Bertz CT molecular complexity index is 562. The number of nitrogens with one attached hydrogen (secondary N) is 2. The van der Waals surface area contributed by atoms with Gasteiger partial charge in [0.15, 0.2) is 0 Å². The summed E-state index contributed by atoms with van der Waals surface area (Å²) in [5.74, 6) is 0.876. The molecule has 1 aliphatic rings. The zero-order chi connectivity index (χ0) is 17.5. The third-order valence-electron chi connectivity index (χ3n) is 3.93. The quantitative estimate of drug-likeness (QED) is 0.773. The number of piperidine rings is 1. The number of rotatable bonds is 6. The number of carbonyl (C=O) groups excluding carboxylic acids is 2. The lowest BCUT2D eigenvalue weighted by molar-refractivity contribution is -0.125. The predicted molar refractivity (Wildman–Crippen MR) is 97.6 cm³/mol. The Kier molecular flexibility index (Phi) is 7.17. The zero-order valence-electron chi connectivity index (χ0n) is 14.2. The van der Waals surface area contributed by atoms with Crippen molar-refractivity contribution in [1.29, 1.82) is 0 Å². The smallest absolute Gasteiger partial charge is 0.234 e. The number of nitrogens with zero attached hydrogens (tertiary/aromatic N) is 2. The number of hydrogen-bond donors (Lipinski definition) is 2. The largest absolute Gasteiger partial charge is 0.355 e. The molecule has 7 heteroatoms. The molecule has 0 aliphatic carbocycles. The Hall–Kier alpha value is -1.47. The highest BCUT2D eigenvalue weighted by molar-refractivity contribution is 9.10. The van der Waals surface area contributed by atoms with Crippen LogP contribution in [0.15, 0.2) is 22.8 Å². The lowest BCUT2D eigenvalue weighted by atomic mass is 9.97. The maximum absolute atomic E-state index is 12.4. The molecule has 0 aromatic carbocycles. The van der Waals surface area contributed by atoms with E-state index in [9.17, 15) is 9.59 Å². The summed E-state index contributed by atoms with van der Waals surface area (Å²) in [7, 11) is 0. The Balaban J connectivity index is 1.82. The molecule has 24 heavy (non-hydrogen) atoms. The van der Waals surface area contributed by atoms with Crippen LogP contribution in [0.1, 0.15) is 26.7 Å². The van der Waals surface area contributed by atoms with Crippen LogP contribution in [-0.4, -0.2) is 47.9 Å². The van der Waals surface area contributed by atoms with Crippen molar-refractivity contribution in [1.82, 2.24) is 15.2 Å². The second kappa shape index (κ2) is 9.13. The van der Waals surface area contributed by atoms with Gasteiger partial charge in [0, 0.05) is 23.8 Å². The number of pyridine rings is 1. The standard InChI is InChI=1S/C17H25BrN4O2/c1-12(2)8-20-16(23)11-22-7-3-4-13(10-22)17(24)21-15-6-5-14(18)9-19-15/h5-6,9,12-13H,3-4,7-8,10-11H2,1-2H3,(H,20,23)(H,19,21,24). The van der Waals surface area contributed by atoms with Gasteiger partial charge in [-0.1, -0.05) is 13.8 Å². The molecule has 1 unspecified atom stereocenters. The number of hydrogen-bond acceptors (Lipinski definition) is 4. The van der Waals surface area contributed by atoms with Gasteiger partial charge in [0.05, 0.1) is 12.5 Å². The Labute approximate surface area is 151 Å². The first-order valence-corrected chi connectivity index (χ1v) is 9.15. The molecule has 1 aromatic heterocycles. The van der Waals surface area contributed by atoms with Crippen LogP contribution in [0.5, 0.6) is 0 Å². The number of carbonyl (C=O) groups is 2. The van der Waals surface area contributed by atoms with Crippen LogP contribution in [0.2, 0.25) is 0 Å². The highest BCUT2D eigenvalue weighted by atomic mass is 79.9. The molecule has 2 N–H and O–H groups in total. The third kappa shape index (κ3) is 6.20. The second-order valence-electron chi connectivity index (χ2n) is 6.62. The van der Waals surface area contributed by atoms with E-state index >= 15 is 0 Å². The van der Waals surface area contributed by atoms with Gasteiger partial charge < -0.3 is 10.6 Å². The normalized spacial score (nSPS) is 18.4. The van der Waals surface area contributed by atoms with Gasteiger partial charge in [0.2, 0.25) is 11.8 Å². The maximum atomic E-state index is 12.4. The fraction of sp³-hybridized carbons (Fsp3) is 0.588. The molecular formula is C17H25BrN4O2. The Morgan fingerprint density at radius 3 is 2.88 bits per heavy atom. The summed E-state index contributed by atoms with van der Waals surface area (Å²) < 4.78 is 0.872. The van der Waals surface area contributed by atoms with Crippen LogP contribution in [0, 0.1) is 11.8 Å². The summed E-state index contributed by atoms with van der Waals surface area (Å²) in [5, 5.41) is 5.78. The minimum atomic E-state index is -0.109. The molecule has 2 amide bonds. The van der Waals surface area contributed by atoms with E-state index in [1.165, 1.54) is 0 Å². The summed E-state index contributed by atoms with van der Waals surface area (Å²) in [6.45, 7) is 6.64. The van der Waals surface area contributed by atoms with Gasteiger partial charge in [0.1, 0.15) is 5.82 Å². The van der Waals surface area contributed by atoms with Crippen molar-refractivity contribution >= 4 is 33.6 Å². The van der Waals surface area contributed by atoms with E-state index in [1.807, 2.05) is 6.07 Å². The number of halogens is 1. The SMILES string of the molecule is CC(C)CNC(=O)CN1CCCC(C(=O)Nc2ccc(Br)cn2)C1. The fourth-order valence-corrected chi connectivity index (χ4v) is 2.90. The van der Waals surface area contributed by atoms with Crippen LogP contribution in [0.3, 0.4) is 0 Å². The lowest BCUT2D eigenvalue weighted by Gasteiger charge is -2.31. The van der Waals surface area contributed by atoms with E-state index in [4.69, 9.17) is 0 Å². The monoisotopic (exact) mass is 396 g/mol. The van der Waals surface area contributed by atoms with Crippen molar-refractivity contribution in [2.24, 2.45) is 11.8 Å². The minimum absolute atomic E-state index is 0.0272. The fourth-order valence-electron chi connectivity index (χ4n) is 2.67. The van der Waals surface area contributed by atoms with Gasteiger partial charge in [-0.3, -0.25) is 14.5 Å². The molecule has 1 atom stereocenters. The van der Waals surface area contributed by atoms with Crippen molar-refractivity contribution in [3.8, 4) is 0 Å². The molecule has 2 heterocycles. The van der Waals surface area contributed by atoms with Gasteiger partial charge in [-0.15, -0.1) is 0 Å². The van der Waals surface area contributed by atoms with Gasteiger partial charge in [-0.05, 0) is 53.4 Å². The van der Waals surface area contributed by atoms with Gasteiger partial charge in [-0.2, -0.15) is 0 Å². The molecule has 1 saturated heterocycles. The molecule has 0 saturated carbocycles. The molecular weight excluding hydrogens is 372 g/mol. The number of likely N-dealkylation sites (tertiary alicyclic amines) is 1. The van der Waals surface area contributed by atoms with Crippen molar-refractivity contribution in [3.05, 3.63) is 22.8 Å². The molecule has 6 nitrogen and oxygen atoms in total. The first-order chi connectivity index (χ1) is 11.4. The predicted octanol–water partition coefficient (Wildman–Crippen LogP) is 2.27. The molecule has 1 aromatic rings. The third-order valence-corrected chi connectivity index (χ3v) is 4.40. The van der Waals surface area contributed by atoms with Crippen molar-refractivity contribution < 1.29 is 9.59 Å². The van der Waals surface area contributed by atoms with Crippen molar-refractivity contribution in [2.75, 3.05) is 31.5 Å². The van der Waals surface area contributed by atoms with Crippen molar-refractivity contribution in [2.45, 2.75) is 26.7 Å². The Morgan fingerprint density at radius 1 is 1.42 bits per heavy atom. The average Bonchev–Trinajstić information content (AvgIpc) is 2.55. The molecule has 0 bridgehead atoms.